The molecular formula is C6H7N5O2. The lowest BCUT2D eigenvalue weighted by Gasteiger charge is -1.91. The summed E-state index contributed by atoms with van der Waals surface area (Å²) in [6, 6.07) is 0. The fourth-order valence-electron chi connectivity index (χ4n) is 0.818. The van der Waals surface area contributed by atoms with Gasteiger partial charge in [0.2, 0.25) is 5.82 Å². The van der Waals surface area contributed by atoms with Gasteiger partial charge in [-0.3, -0.25) is 0 Å². The van der Waals surface area contributed by atoms with Crippen molar-refractivity contribution in [3.05, 3.63) is 12.1 Å². The van der Waals surface area contributed by atoms with Gasteiger partial charge in [-0.25, -0.2) is 0 Å². The topological polar surface area (TPSA) is 101 Å². The summed E-state index contributed by atoms with van der Waals surface area (Å²) >= 11 is 0. The van der Waals surface area contributed by atoms with Gasteiger partial charge in [-0.05, 0) is 6.92 Å². The Morgan fingerprint density at radius 1 is 1.62 bits per heavy atom. The second kappa shape index (κ2) is 2.94. The van der Waals surface area contributed by atoms with Crippen LogP contribution in [0.25, 0.3) is 11.5 Å². The van der Waals surface area contributed by atoms with Crippen LogP contribution in [-0.4, -0.2) is 30.7 Å². The molecule has 0 fully saturated rings. The maximum Gasteiger partial charge on any atom is 0.255 e. The number of nitrogens with one attached hydrogen (secondary N) is 1. The average molecular weight is 181 g/mol. The molecule has 1 atom stereocenters. The van der Waals surface area contributed by atoms with E-state index in [0.29, 0.717) is 11.5 Å². The van der Waals surface area contributed by atoms with Crippen LogP contribution in [0.2, 0.25) is 0 Å². The molecule has 7 nitrogen and oxygen atoms in total. The summed E-state index contributed by atoms with van der Waals surface area (Å²) < 4.78 is 4.76. The minimum absolute atomic E-state index is 0.165. The molecular weight excluding hydrogens is 174 g/mol. The highest BCUT2D eigenvalue weighted by molar-refractivity contribution is 5.44. The first-order valence-corrected chi connectivity index (χ1v) is 3.65. The predicted octanol–water partition coefficient (Wildman–Crippen LogP) is -0.0920. The molecule has 0 aliphatic carbocycles. The molecule has 0 aliphatic heterocycles. The van der Waals surface area contributed by atoms with Gasteiger partial charge in [-0.2, -0.15) is 20.4 Å². The maximum atomic E-state index is 9.09. The Morgan fingerprint density at radius 2 is 2.46 bits per heavy atom. The number of aromatic nitrogens is 5. The normalized spacial score (nSPS) is 13.1. The third-order valence-corrected chi connectivity index (χ3v) is 1.44. The van der Waals surface area contributed by atoms with Crippen LogP contribution in [0.15, 0.2) is 10.7 Å². The smallest absolute Gasteiger partial charge is 0.255 e. The Balaban J connectivity index is 2.33. The van der Waals surface area contributed by atoms with Crippen LogP contribution in [0, 0.1) is 0 Å². The van der Waals surface area contributed by atoms with Gasteiger partial charge in [0.25, 0.3) is 5.89 Å². The third kappa shape index (κ3) is 1.41. The van der Waals surface area contributed by atoms with E-state index in [1.54, 1.807) is 6.92 Å². The third-order valence-electron chi connectivity index (χ3n) is 1.44. The number of hydrogen-bond acceptors (Lipinski definition) is 6. The van der Waals surface area contributed by atoms with E-state index < -0.39 is 6.10 Å². The van der Waals surface area contributed by atoms with Crippen molar-refractivity contribution in [3.63, 3.8) is 0 Å². The van der Waals surface area contributed by atoms with Crippen molar-refractivity contribution in [2.75, 3.05) is 0 Å². The van der Waals surface area contributed by atoms with Crippen molar-refractivity contribution in [2.45, 2.75) is 13.0 Å². The number of aliphatic hydroxyl groups excluding tert-OH is 1. The summed E-state index contributed by atoms with van der Waals surface area (Å²) in [4.78, 5) is 3.90. The van der Waals surface area contributed by atoms with Crippen molar-refractivity contribution in [1.29, 1.82) is 0 Å². The number of H-pyrrole nitrogens is 1. The SMILES string of the molecule is CC(O)c1nc(-c2cn[nH]n2)no1. The Bertz CT molecular complexity index is 379. The molecule has 0 radical (unpaired) electrons. The van der Waals surface area contributed by atoms with E-state index in [2.05, 4.69) is 25.6 Å². The van der Waals surface area contributed by atoms with Gasteiger partial charge in [0.15, 0.2) is 5.69 Å². The number of rotatable bonds is 2. The van der Waals surface area contributed by atoms with E-state index in [1.165, 1.54) is 6.20 Å². The predicted molar refractivity (Wildman–Crippen MR) is 40.3 cm³/mol. The Hall–Kier alpha value is -1.76. The first kappa shape index (κ1) is 7.87. The van der Waals surface area contributed by atoms with E-state index in [0.717, 1.165) is 0 Å². The number of aliphatic hydroxyl groups is 1. The Labute approximate surface area is 72.8 Å². The largest absolute Gasteiger partial charge is 0.384 e. The van der Waals surface area contributed by atoms with Crippen LogP contribution in [0.4, 0.5) is 0 Å². The van der Waals surface area contributed by atoms with Crippen LogP contribution in [-0.2, 0) is 0 Å². The minimum atomic E-state index is -0.770. The monoisotopic (exact) mass is 181 g/mol. The molecule has 0 bridgehead atoms. The molecule has 0 aliphatic rings. The minimum Gasteiger partial charge on any atom is -0.384 e. The van der Waals surface area contributed by atoms with Gasteiger partial charge in [0, 0.05) is 0 Å². The highest BCUT2D eigenvalue weighted by Crippen LogP contribution is 2.14. The first-order valence-electron chi connectivity index (χ1n) is 3.65. The van der Waals surface area contributed by atoms with Crippen molar-refractivity contribution in [3.8, 4) is 11.5 Å². The standard InChI is InChI=1S/C6H7N5O2/c1-3(12)6-8-5(10-13-6)4-2-7-11-9-4/h2-3,12H,1H3,(H,7,9,11). The molecule has 0 aromatic carbocycles. The molecule has 2 aromatic heterocycles. The van der Waals surface area contributed by atoms with Crippen LogP contribution < -0.4 is 0 Å². The molecule has 13 heavy (non-hydrogen) atoms. The van der Waals surface area contributed by atoms with Gasteiger partial charge in [-0.15, -0.1) is 0 Å². The summed E-state index contributed by atoms with van der Waals surface area (Å²) in [5.41, 5.74) is 0.482. The molecule has 2 N–H and O–H groups in total. The van der Waals surface area contributed by atoms with Gasteiger partial charge in [-0.1, -0.05) is 5.16 Å². The van der Waals surface area contributed by atoms with Crippen LogP contribution in [0.1, 0.15) is 18.9 Å². The van der Waals surface area contributed by atoms with Crippen LogP contribution in [0.5, 0.6) is 0 Å². The molecule has 2 aromatic rings. The highest BCUT2D eigenvalue weighted by Gasteiger charge is 2.13. The van der Waals surface area contributed by atoms with Gasteiger partial charge < -0.3 is 9.63 Å². The molecule has 7 heteroatoms. The van der Waals surface area contributed by atoms with E-state index >= 15 is 0 Å². The Kier molecular flexibility index (Phi) is 1.78. The number of hydrogen-bond donors (Lipinski definition) is 2. The zero-order chi connectivity index (χ0) is 9.26. The van der Waals surface area contributed by atoms with Crippen molar-refractivity contribution >= 4 is 0 Å². The lowest BCUT2D eigenvalue weighted by Crippen LogP contribution is -1.90. The lowest BCUT2D eigenvalue weighted by molar-refractivity contribution is 0.152. The lowest BCUT2D eigenvalue weighted by atomic mass is 10.4. The average Bonchev–Trinajstić information content (AvgIpc) is 2.75. The van der Waals surface area contributed by atoms with Crippen LogP contribution >= 0.6 is 0 Å². The molecule has 0 spiro atoms. The molecule has 1 unspecified atom stereocenters. The summed E-state index contributed by atoms with van der Waals surface area (Å²) in [7, 11) is 0. The zero-order valence-corrected chi connectivity index (χ0v) is 6.80. The molecule has 2 heterocycles. The molecule has 68 valence electrons. The highest BCUT2D eigenvalue weighted by atomic mass is 16.5. The van der Waals surface area contributed by atoms with E-state index in [1.807, 2.05) is 0 Å². The first-order chi connectivity index (χ1) is 6.27. The quantitative estimate of drug-likeness (QED) is 0.671. The summed E-state index contributed by atoms with van der Waals surface area (Å²) in [5.74, 6) is 0.475. The second-order valence-corrected chi connectivity index (χ2v) is 2.49. The summed E-state index contributed by atoms with van der Waals surface area (Å²) in [6.45, 7) is 1.54. The number of aromatic amines is 1. The summed E-state index contributed by atoms with van der Waals surface area (Å²) in [6.07, 6.45) is 0.699. The molecule has 0 saturated heterocycles. The van der Waals surface area contributed by atoms with E-state index in [4.69, 9.17) is 9.63 Å². The maximum absolute atomic E-state index is 9.09. The van der Waals surface area contributed by atoms with Gasteiger partial charge >= 0.3 is 0 Å². The summed E-state index contributed by atoms with van der Waals surface area (Å²) in [5, 5.41) is 22.5. The van der Waals surface area contributed by atoms with Crippen molar-refractivity contribution < 1.29 is 9.63 Å². The van der Waals surface area contributed by atoms with E-state index in [9.17, 15) is 0 Å². The van der Waals surface area contributed by atoms with Crippen molar-refractivity contribution in [1.82, 2.24) is 25.6 Å². The van der Waals surface area contributed by atoms with Crippen LogP contribution in [0.3, 0.4) is 0 Å². The van der Waals surface area contributed by atoms with Gasteiger partial charge in [0.05, 0.1) is 6.20 Å². The Morgan fingerprint density at radius 3 is 3.00 bits per heavy atom. The van der Waals surface area contributed by atoms with E-state index in [-0.39, 0.29) is 5.89 Å². The molecule has 0 saturated carbocycles. The fourth-order valence-corrected chi connectivity index (χ4v) is 0.818. The van der Waals surface area contributed by atoms with Gasteiger partial charge in [0.1, 0.15) is 6.10 Å². The zero-order valence-electron chi connectivity index (χ0n) is 6.80. The van der Waals surface area contributed by atoms with Crippen molar-refractivity contribution in [2.24, 2.45) is 0 Å². The fraction of sp³-hybridized carbons (Fsp3) is 0.333. The second-order valence-electron chi connectivity index (χ2n) is 2.49. The number of nitrogens with zero attached hydrogens (tertiary/aromatic N) is 4. The molecule has 2 rings (SSSR count). The molecule has 0 amide bonds.